The maximum absolute atomic E-state index is 12.6. The highest BCUT2D eigenvalue weighted by molar-refractivity contribution is 8.00. The Morgan fingerprint density at radius 1 is 1.38 bits per heavy atom. The smallest absolute Gasteiger partial charge is 0.235 e. The highest BCUT2D eigenvalue weighted by Crippen LogP contribution is 2.40. The van der Waals surface area contributed by atoms with Crippen molar-refractivity contribution in [3.05, 3.63) is 28.2 Å². The zero-order valence-electron chi connectivity index (χ0n) is 13.9. The van der Waals surface area contributed by atoms with Gasteiger partial charge in [-0.3, -0.25) is 4.79 Å². The number of hydrogen-bond donors (Lipinski definition) is 0. The van der Waals surface area contributed by atoms with Crippen molar-refractivity contribution in [1.82, 2.24) is 19.7 Å². The molecule has 7 heteroatoms. The predicted molar refractivity (Wildman–Crippen MR) is 96.6 cm³/mol. The Bertz CT molecular complexity index is 702. The van der Waals surface area contributed by atoms with Crippen molar-refractivity contribution in [2.45, 2.75) is 55.5 Å². The van der Waals surface area contributed by atoms with Crippen molar-refractivity contribution in [1.29, 1.82) is 0 Å². The molecule has 0 radical (unpaired) electrons. The summed E-state index contributed by atoms with van der Waals surface area (Å²) in [6.45, 7) is 3.81. The van der Waals surface area contributed by atoms with Gasteiger partial charge in [0.2, 0.25) is 5.91 Å². The second-order valence-electron chi connectivity index (χ2n) is 6.55. The first kappa shape index (κ1) is 16.1. The summed E-state index contributed by atoms with van der Waals surface area (Å²) >= 11 is 3.32. The first-order valence-electron chi connectivity index (χ1n) is 8.64. The van der Waals surface area contributed by atoms with Crippen molar-refractivity contribution in [2.24, 2.45) is 0 Å². The summed E-state index contributed by atoms with van der Waals surface area (Å²) in [5.41, 5.74) is 0. The number of thiophene rings is 1. The molecule has 1 aliphatic heterocycles. The molecule has 1 saturated carbocycles. The molecule has 2 aliphatic rings. The van der Waals surface area contributed by atoms with Crippen molar-refractivity contribution in [2.75, 3.05) is 13.1 Å². The third-order valence-electron chi connectivity index (χ3n) is 4.61. The Morgan fingerprint density at radius 3 is 2.83 bits per heavy atom. The van der Waals surface area contributed by atoms with Crippen molar-refractivity contribution < 1.29 is 4.79 Å². The second kappa shape index (κ2) is 6.88. The molecule has 3 heterocycles. The number of carbonyl (C=O) groups is 1. The molecule has 4 rings (SSSR count). The lowest BCUT2D eigenvalue weighted by Gasteiger charge is -2.19. The molecular weight excluding hydrogens is 340 g/mol. The standard InChI is InChI=1S/C17H22N4OS2/c1-12(16(22)20-8-2-3-9-20)24-17-19-18-15(21(17)13-6-7-13)11-14-5-4-10-23-14/h4-5,10,12-13H,2-3,6-9,11H2,1H3. The van der Waals surface area contributed by atoms with Gasteiger partial charge in [-0.05, 0) is 44.1 Å². The summed E-state index contributed by atoms with van der Waals surface area (Å²) in [6, 6.07) is 4.74. The topological polar surface area (TPSA) is 51.0 Å². The van der Waals surface area contributed by atoms with Crippen LogP contribution >= 0.6 is 23.1 Å². The highest BCUT2D eigenvalue weighted by Gasteiger charge is 2.32. The van der Waals surface area contributed by atoms with Crippen molar-refractivity contribution in [3.8, 4) is 0 Å². The molecule has 128 valence electrons. The van der Waals surface area contributed by atoms with Gasteiger partial charge in [-0.25, -0.2) is 0 Å². The molecule has 5 nitrogen and oxygen atoms in total. The highest BCUT2D eigenvalue weighted by atomic mass is 32.2. The first-order valence-corrected chi connectivity index (χ1v) is 10.4. The van der Waals surface area contributed by atoms with Crippen LogP contribution in [0, 0.1) is 0 Å². The number of likely N-dealkylation sites (tertiary alicyclic amines) is 1. The summed E-state index contributed by atoms with van der Waals surface area (Å²) in [4.78, 5) is 15.9. The third-order valence-corrected chi connectivity index (χ3v) is 6.53. The van der Waals surface area contributed by atoms with E-state index in [-0.39, 0.29) is 11.2 Å². The lowest BCUT2D eigenvalue weighted by Crippen LogP contribution is -2.34. The SMILES string of the molecule is CC(Sc1nnc(Cc2cccs2)n1C1CC1)C(=O)N1CCCC1. The zero-order chi connectivity index (χ0) is 16.5. The van der Waals surface area contributed by atoms with E-state index in [4.69, 9.17) is 0 Å². The Labute approximate surface area is 150 Å². The number of rotatable bonds is 6. The van der Waals surface area contributed by atoms with Gasteiger partial charge in [-0.15, -0.1) is 21.5 Å². The number of amides is 1. The summed E-state index contributed by atoms with van der Waals surface area (Å²) in [5.74, 6) is 1.27. The summed E-state index contributed by atoms with van der Waals surface area (Å²) in [7, 11) is 0. The number of nitrogens with zero attached hydrogens (tertiary/aromatic N) is 4. The maximum Gasteiger partial charge on any atom is 0.235 e. The van der Waals surface area contributed by atoms with Crippen LogP contribution < -0.4 is 0 Å². The quantitative estimate of drug-likeness (QED) is 0.739. The van der Waals surface area contributed by atoms with Crippen LogP contribution in [0.4, 0.5) is 0 Å². The summed E-state index contributed by atoms with van der Waals surface area (Å²) in [6.07, 6.45) is 5.48. The van der Waals surface area contributed by atoms with E-state index in [1.807, 2.05) is 11.8 Å². The second-order valence-corrected chi connectivity index (χ2v) is 8.89. The van der Waals surface area contributed by atoms with E-state index in [1.165, 1.54) is 17.7 Å². The minimum atomic E-state index is -0.0978. The van der Waals surface area contributed by atoms with Gasteiger partial charge in [0.15, 0.2) is 5.16 Å². The van der Waals surface area contributed by atoms with E-state index < -0.39 is 0 Å². The van der Waals surface area contributed by atoms with Gasteiger partial charge >= 0.3 is 0 Å². The zero-order valence-corrected chi connectivity index (χ0v) is 15.5. The fourth-order valence-corrected chi connectivity index (χ4v) is 4.90. The molecule has 24 heavy (non-hydrogen) atoms. The monoisotopic (exact) mass is 362 g/mol. The normalized spacial score (nSPS) is 19.0. The Morgan fingerprint density at radius 2 is 2.17 bits per heavy atom. The van der Waals surface area contributed by atoms with E-state index in [0.29, 0.717) is 6.04 Å². The maximum atomic E-state index is 12.6. The first-order chi connectivity index (χ1) is 11.7. The van der Waals surface area contributed by atoms with E-state index in [2.05, 4.69) is 32.3 Å². The van der Waals surface area contributed by atoms with Crippen LogP contribution in [-0.2, 0) is 11.2 Å². The van der Waals surface area contributed by atoms with Gasteiger partial charge in [-0.2, -0.15) is 0 Å². The van der Waals surface area contributed by atoms with Gasteiger partial charge in [0.1, 0.15) is 5.82 Å². The molecule has 2 aromatic heterocycles. The van der Waals surface area contributed by atoms with Gasteiger partial charge in [0.25, 0.3) is 0 Å². The van der Waals surface area contributed by atoms with Crippen LogP contribution in [-0.4, -0.2) is 43.9 Å². The molecule has 2 fully saturated rings. The summed E-state index contributed by atoms with van der Waals surface area (Å²) in [5, 5.41) is 11.8. The molecule has 0 spiro atoms. The van der Waals surface area contributed by atoms with Crippen LogP contribution in [0.1, 0.15) is 49.4 Å². The van der Waals surface area contributed by atoms with Crippen LogP contribution in [0.25, 0.3) is 0 Å². The average Bonchev–Trinajstić information content (AvgIpc) is 3.01. The third kappa shape index (κ3) is 3.37. The van der Waals surface area contributed by atoms with Crippen LogP contribution in [0.2, 0.25) is 0 Å². The van der Waals surface area contributed by atoms with Crippen LogP contribution in [0.5, 0.6) is 0 Å². The lowest BCUT2D eigenvalue weighted by molar-refractivity contribution is -0.129. The van der Waals surface area contributed by atoms with Crippen LogP contribution in [0.3, 0.4) is 0 Å². The number of aromatic nitrogens is 3. The largest absolute Gasteiger partial charge is 0.342 e. The molecule has 1 unspecified atom stereocenters. The van der Waals surface area contributed by atoms with Gasteiger partial charge < -0.3 is 9.47 Å². The predicted octanol–water partition coefficient (Wildman–Crippen LogP) is 3.37. The number of carbonyl (C=O) groups excluding carboxylic acids is 1. The molecule has 1 saturated heterocycles. The van der Waals surface area contributed by atoms with E-state index >= 15 is 0 Å². The molecule has 0 aromatic carbocycles. The molecule has 1 atom stereocenters. The van der Waals surface area contributed by atoms with Gasteiger partial charge in [-0.1, -0.05) is 17.8 Å². The van der Waals surface area contributed by atoms with Crippen molar-refractivity contribution in [3.63, 3.8) is 0 Å². The minimum Gasteiger partial charge on any atom is -0.342 e. The number of thioether (sulfide) groups is 1. The summed E-state index contributed by atoms with van der Waals surface area (Å²) < 4.78 is 2.28. The lowest BCUT2D eigenvalue weighted by atomic mass is 10.3. The number of hydrogen-bond acceptors (Lipinski definition) is 5. The van der Waals surface area contributed by atoms with Crippen LogP contribution in [0.15, 0.2) is 22.7 Å². The fraction of sp³-hybridized carbons (Fsp3) is 0.588. The van der Waals surface area contributed by atoms with E-state index in [9.17, 15) is 4.79 Å². The average molecular weight is 363 g/mol. The minimum absolute atomic E-state index is 0.0978. The molecule has 2 aromatic rings. The molecule has 1 amide bonds. The van der Waals surface area contributed by atoms with Gasteiger partial charge in [0, 0.05) is 30.4 Å². The fourth-order valence-electron chi connectivity index (χ4n) is 3.18. The Balaban J connectivity index is 1.50. The molecule has 0 bridgehead atoms. The molecule has 0 N–H and O–H groups in total. The Hall–Kier alpha value is -1.34. The molecule has 1 aliphatic carbocycles. The molecular formula is C17H22N4OS2. The van der Waals surface area contributed by atoms with Crippen molar-refractivity contribution >= 4 is 29.0 Å². The van der Waals surface area contributed by atoms with E-state index in [1.54, 1.807) is 23.1 Å². The van der Waals surface area contributed by atoms with Gasteiger partial charge in [0.05, 0.1) is 5.25 Å². The van der Waals surface area contributed by atoms with E-state index in [0.717, 1.165) is 43.3 Å². The Kier molecular flexibility index (Phi) is 4.63.